The number of rotatable bonds is 8. The van der Waals surface area contributed by atoms with Crippen molar-refractivity contribution in [2.24, 2.45) is 0 Å². The van der Waals surface area contributed by atoms with E-state index in [1.54, 1.807) is 25.3 Å². The third-order valence-corrected chi connectivity index (χ3v) is 5.48. The second-order valence-corrected chi connectivity index (χ2v) is 7.99. The third kappa shape index (κ3) is 4.62. The molecule has 1 saturated heterocycles. The Morgan fingerprint density at radius 3 is 2.53 bits per heavy atom. The molecule has 1 unspecified atom stereocenters. The summed E-state index contributed by atoms with van der Waals surface area (Å²) in [6, 6.07) is 11.8. The van der Waals surface area contributed by atoms with Gasteiger partial charge in [-0.05, 0) is 69.4 Å². The number of amides is 1. The molecule has 3 rings (SSSR count). The van der Waals surface area contributed by atoms with Gasteiger partial charge in [0.2, 0.25) is 0 Å². The second kappa shape index (κ2) is 9.87. The van der Waals surface area contributed by atoms with E-state index < -0.39 is 17.7 Å². The van der Waals surface area contributed by atoms with Crippen molar-refractivity contribution < 1.29 is 24.2 Å². The van der Waals surface area contributed by atoms with Gasteiger partial charge in [-0.2, -0.15) is 0 Å². The number of carbonyl (C=O) groups excluding carboxylic acids is 2. The number of likely N-dealkylation sites (N-methyl/N-ethyl adjacent to an activating group) is 1. The summed E-state index contributed by atoms with van der Waals surface area (Å²) >= 11 is 0. The maximum atomic E-state index is 13.1. The van der Waals surface area contributed by atoms with E-state index in [0.717, 1.165) is 5.56 Å². The Morgan fingerprint density at radius 2 is 1.91 bits per heavy atom. The first-order valence-electron chi connectivity index (χ1n) is 10.6. The predicted octanol–water partition coefficient (Wildman–Crippen LogP) is 3.39. The van der Waals surface area contributed by atoms with Gasteiger partial charge < -0.3 is 24.4 Å². The Balaban J connectivity index is 2.16. The number of aryl methyl sites for hydroxylation is 1. The van der Waals surface area contributed by atoms with Crippen molar-refractivity contribution in [3.8, 4) is 11.5 Å². The van der Waals surface area contributed by atoms with E-state index in [-0.39, 0.29) is 11.3 Å². The first-order valence-corrected chi connectivity index (χ1v) is 10.6. The lowest BCUT2D eigenvalue weighted by molar-refractivity contribution is -0.140. The van der Waals surface area contributed by atoms with Gasteiger partial charge in [-0.3, -0.25) is 9.59 Å². The number of benzene rings is 2. The zero-order valence-electron chi connectivity index (χ0n) is 19.2. The molecule has 1 N–H and O–H groups in total. The highest BCUT2D eigenvalue weighted by Gasteiger charge is 2.46. The van der Waals surface area contributed by atoms with E-state index in [0.29, 0.717) is 42.3 Å². The molecule has 0 aliphatic carbocycles. The zero-order chi connectivity index (χ0) is 23.4. The van der Waals surface area contributed by atoms with E-state index >= 15 is 0 Å². The Hall–Kier alpha value is -3.32. The molecule has 7 heteroatoms. The predicted molar refractivity (Wildman–Crippen MR) is 123 cm³/mol. The smallest absolute Gasteiger partial charge is 0.295 e. The molecule has 2 aromatic rings. The molecular weight excluding hydrogens is 408 g/mol. The fraction of sp³-hybridized carbons (Fsp3) is 0.360. The second-order valence-electron chi connectivity index (χ2n) is 7.99. The summed E-state index contributed by atoms with van der Waals surface area (Å²) < 4.78 is 10.9. The maximum absolute atomic E-state index is 13.1. The fourth-order valence-corrected chi connectivity index (χ4v) is 3.89. The van der Waals surface area contributed by atoms with Crippen LogP contribution < -0.4 is 9.47 Å². The third-order valence-electron chi connectivity index (χ3n) is 5.48. The summed E-state index contributed by atoms with van der Waals surface area (Å²) in [6.07, 6.45) is 0. The molecule has 1 aliphatic rings. The highest BCUT2D eigenvalue weighted by molar-refractivity contribution is 6.46. The van der Waals surface area contributed by atoms with E-state index in [9.17, 15) is 14.7 Å². The zero-order valence-corrected chi connectivity index (χ0v) is 19.2. The number of aliphatic hydroxyl groups excluding tert-OH is 1. The molecule has 0 saturated carbocycles. The Bertz CT molecular complexity index is 1040. The van der Waals surface area contributed by atoms with Gasteiger partial charge in [0.15, 0.2) is 0 Å². The van der Waals surface area contributed by atoms with Crippen LogP contribution in [0, 0.1) is 6.92 Å². The molecule has 1 heterocycles. The van der Waals surface area contributed by atoms with Crippen molar-refractivity contribution in [1.29, 1.82) is 0 Å². The van der Waals surface area contributed by atoms with Crippen molar-refractivity contribution in [2.75, 3.05) is 40.9 Å². The van der Waals surface area contributed by atoms with Crippen LogP contribution in [0.2, 0.25) is 0 Å². The number of ether oxygens (including phenoxy) is 2. The summed E-state index contributed by atoms with van der Waals surface area (Å²) in [4.78, 5) is 29.6. The van der Waals surface area contributed by atoms with Crippen LogP contribution in [0.15, 0.2) is 48.0 Å². The summed E-state index contributed by atoms with van der Waals surface area (Å²) in [7, 11) is 5.38. The molecule has 1 amide bonds. The lowest BCUT2D eigenvalue weighted by Gasteiger charge is -2.27. The van der Waals surface area contributed by atoms with Gasteiger partial charge in [0, 0.05) is 18.7 Å². The number of hydrogen-bond donors (Lipinski definition) is 1. The van der Waals surface area contributed by atoms with Crippen LogP contribution in [0.4, 0.5) is 0 Å². The van der Waals surface area contributed by atoms with Crippen LogP contribution in [0.5, 0.6) is 11.5 Å². The van der Waals surface area contributed by atoms with Gasteiger partial charge in [-0.1, -0.05) is 12.1 Å². The number of aliphatic hydroxyl groups is 1. The average molecular weight is 439 g/mol. The largest absolute Gasteiger partial charge is 0.507 e. The van der Waals surface area contributed by atoms with Crippen LogP contribution in [-0.4, -0.2) is 67.5 Å². The van der Waals surface area contributed by atoms with Crippen LogP contribution in [-0.2, 0) is 9.59 Å². The van der Waals surface area contributed by atoms with Gasteiger partial charge in [0.25, 0.3) is 11.7 Å². The van der Waals surface area contributed by atoms with Gasteiger partial charge >= 0.3 is 0 Å². The number of ketones is 1. The molecule has 1 atom stereocenters. The van der Waals surface area contributed by atoms with Gasteiger partial charge in [-0.15, -0.1) is 0 Å². The monoisotopic (exact) mass is 438 g/mol. The lowest BCUT2D eigenvalue weighted by Crippen LogP contribution is -2.35. The van der Waals surface area contributed by atoms with E-state index in [1.807, 2.05) is 57.1 Å². The average Bonchev–Trinajstić information content (AvgIpc) is 3.02. The first-order chi connectivity index (χ1) is 15.3. The van der Waals surface area contributed by atoms with Gasteiger partial charge in [0.1, 0.15) is 17.3 Å². The molecule has 1 fully saturated rings. The molecule has 0 bridgehead atoms. The minimum atomic E-state index is -0.710. The molecule has 0 aromatic heterocycles. The molecule has 0 radical (unpaired) electrons. The van der Waals surface area contributed by atoms with Crippen molar-refractivity contribution in [1.82, 2.24) is 9.80 Å². The van der Waals surface area contributed by atoms with Gasteiger partial charge in [-0.25, -0.2) is 0 Å². The summed E-state index contributed by atoms with van der Waals surface area (Å²) in [6.45, 7) is 5.17. The highest BCUT2D eigenvalue weighted by atomic mass is 16.5. The highest BCUT2D eigenvalue weighted by Crippen LogP contribution is 2.40. The normalized spacial score (nSPS) is 17.8. The maximum Gasteiger partial charge on any atom is 0.295 e. The van der Waals surface area contributed by atoms with Crippen LogP contribution >= 0.6 is 0 Å². The minimum absolute atomic E-state index is 0.0759. The SMILES string of the molecule is CCOc1cccc(C2/C(=C(\O)c3ccc(OC)c(C)c3)C(=O)C(=O)N2CCN(C)C)c1. The number of likely N-dealkylation sites (tertiary alicyclic amines) is 1. The quantitative estimate of drug-likeness (QED) is 0.387. The van der Waals surface area contributed by atoms with Crippen molar-refractivity contribution in [2.45, 2.75) is 19.9 Å². The molecule has 1 aliphatic heterocycles. The van der Waals surface area contributed by atoms with Gasteiger partial charge in [0.05, 0.1) is 25.3 Å². The van der Waals surface area contributed by atoms with Crippen LogP contribution in [0.25, 0.3) is 5.76 Å². The lowest BCUT2D eigenvalue weighted by atomic mass is 9.94. The van der Waals surface area contributed by atoms with Crippen molar-refractivity contribution in [3.63, 3.8) is 0 Å². The number of methoxy groups -OCH3 is 1. The summed E-state index contributed by atoms with van der Waals surface area (Å²) in [5.74, 6) is -0.197. The molecule has 32 heavy (non-hydrogen) atoms. The van der Waals surface area contributed by atoms with E-state index in [1.165, 1.54) is 4.90 Å². The Morgan fingerprint density at radius 1 is 1.16 bits per heavy atom. The molecule has 7 nitrogen and oxygen atoms in total. The number of carbonyl (C=O) groups is 2. The summed E-state index contributed by atoms with van der Waals surface area (Å²) in [5.41, 5.74) is 2.06. The number of hydrogen-bond acceptors (Lipinski definition) is 6. The molecular formula is C25H30N2O5. The Kier molecular flexibility index (Phi) is 7.20. The summed E-state index contributed by atoms with van der Waals surface area (Å²) in [5, 5.41) is 11.2. The van der Waals surface area contributed by atoms with Crippen molar-refractivity contribution >= 4 is 17.4 Å². The van der Waals surface area contributed by atoms with Crippen LogP contribution in [0.1, 0.15) is 29.7 Å². The van der Waals surface area contributed by atoms with Crippen molar-refractivity contribution in [3.05, 3.63) is 64.7 Å². The topological polar surface area (TPSA) is 79.3 Å². The Labute approximate surface area is 188 Å². The molecule has 170 valence electrons. The standard InChI is InChI=1S/C25H30N2O5/c1-6-32-19-9-7-8-17(15-19)22-21(24(29)25(30)27(22)13-12-26(3)4)23(28)18-10-11-20(31-5)16(2)14-18/h7-11,14-15,22,28H,6,12-13H2,1-5H3/b23-21+. The fourth-order valence-electron chi connectivity index (χ4n) is 3.89. The molecule has 2 aromatic carbocycles. The number of nitrogens with zero attached hydrogens (tertiary/aromatic N) is 2. The van der Waals surface area contributed by atoms with Crippen LogP contribution in [0.3, 0.4) is 0 Å². The first kappa shape index (κ1) is 23.3. The number of Topliss-reactive ketones (excluding diaryl/α,β-unsaturated/α-hetero) is 1. The van der Waals surface area contributed by atoms with E-state index in [2.05, 4.69) is 0 Å². The minimum Gasteiger partial charge on any atom is -0.507 e. The van der Waals surface area contributed by atoms with E-state index in [4.69, 9.17) is 9.47 Å². The molecule has 0 spiro atoms.